The third-order valence-electron chi connectivity index (χ3n) is 2.20. The van der Waals surface area contributed by atoms with Crippen molar-refractivity contribution in [3.8, 4) is 17.1 Å². The molecule has 6 nitrogen and oxygen atoms in total. The van der Waals surface area contributed by atoms with Gasteiger partial charge in [0.05, 0.1) is 30.8 Å². The van der Waals surface area contributed by atoms with Crippen molar-refractivity contribution in [3.63, 3.8) is 0 Å². The topological polar surface area (TPSA) is 88.4 Å². The Morgan fingerprint density at radius 1 is 1.18 bits per heavy atom. The normalized spacial score (nSPS) is 10.1. The molecule has 0 saturated heterocycles. The van der Waals surface area contributed by atoms with Crippen molar-refractivity contribution in [1.82, 2.24) is 15.0 Å². The lowest BCUT2D eigenvalue weighted by Gasteiger charge is -2.06. The molecule has 0 aliphatic carbocycles. The molecule has 0 unspecified atom stereocenters. The minimum Gasteiger partial charge on any atom is -0.480 e. The molecule has 17 heavy (non-hydrogen) atoms. The van der Waals surface area contributed by atoms with Crippen molar-refractivity contribution in [1.29, 1.82) is 0 Å². The molecule has 2 aromatic heterocycles. The summed E-state index contributed by atoms with van der Waals surface area (Å²) >= 11 is 0. The second kappa shape index (κ2) is 4.90. The zero-order chi connectivity index (χ0) is 12.3. The maximum Gasteiger partial charge on any atom is 0.508 e. The van der Waals surface area contributed by atoms with Crippen LogP contribution >= 0.6 is 0 Å². The zero-order valence-electron chi connectivity index (χ0n) is 9.11. The SMILES string of the molecule is COc1cnc(-c2cccnc2B(O)O)cn1. The molecule has 2 N–H and O–H groups in total. The highest BCUT2D eigenvalue weighted by Gasteiger charge is 2.19. The molecule has 0 spiro atoms. The van der Waals surface area contributed by atoms with Crippen LogP contribution in [0.25, 0.3) is 11.3 Å². The van der Waals surface area contributed by atoms with E-state index in [1.54, 1.807) is 12.1 Å². The quantitative estimate of drug-likeness (QED) is 0.674. The van der Waals surface area contributed by atoms with Gasteiger partial charge in [-0.2, -0.15) is 0 Å². The molecule has 7 heteroatoms. The third-order valence-corrected chi connectivity index (χ3v) is 2.20. The van der Waals surface area contributed by atoms with Crippen molar-refractivity contribution in [2.45, 2.75) is 0 Å². The average molecular weight is 231 g/mol. The molecule has 0 bridgehead atoms. The maximum atomic E-state index is 9.19. The van der Waals surface area contributed by atoms with Crippen LogP contribution in [0.4, 0.5) is 0 Å². The number of methoxy groups -OCH3 is 1. The van der Waals surface area contributed by atoms with Gasteiger partial charge in [0.15, 0.2) is 0 Å². The highest BCUT2D eigenvalue weighted by molar-refractivity contribution is 6.59. The molecular weight excluding hydrogens is 221 g/mol. The van der Waals surface area contributed by atoms with Crippen LogP contribution in [-0.2, 0) is 0 Å². The van der Waals surface area contributed by atoms with E-state index in [0.717, 1.165) is 0 Å². The standard InChI is InChI=1S/C10H10BN3O3/c1-17-9-6-13-8(5-14-9)7-3-2-4-12-10(7)11(15)16/h2-6,15-16H,1H3. The summed E-state index contributed by atoms with van der Waals surface area (Å²) in [6.45, 7) is 0. The molecule has 0 amide bonds. The monoisotopic (exact) mass is 231 g/mol. The highest BCUT2D eigenvalue weighted by Crippen LogP contribution is 2.14. The Bertz CT molecular complexity index is 504. The summed E-state index contributed by atoms with van der Waals surface area (Å²) < 4.78 is 4.89. The van der Waals surface area contributed by atoms with E-state index in [2.05, 4.69) is 15.0 Å². The molecule has 0 atom stereocenters. The minimum atomic E-state index is -1.64. The predicted octanol–water partition coefficient (Wildman–Crippen LogP) is -0.773. The fraction of sp³-hybridized carbons (Fsp3) is 0.100. The molecule has 2 rings (SSSR count). The summed E-state index contributed by atoms with van der Waals surface area (Å²) in [5, 5.41) is 18.4. The fourth-order valence-electron chi connectivity index (χ4n) is 1.40. The molecule has 0 saturated carbocycles. The second-order valence-corrected chi connectivity index (χ2v) is 3.25. The van der Waals surface area contributed by atoms with Gasteiger partial charge in [-0.25, -0.2) is 9.97 Å². The second-order valence-electron chi connectivity index (χ2n) is 3.25. The van der Waals surface area contributed by atoms with Gasteiger partial charge < -0.3 is 14.8 Å². The summed E-state index contributed by atoms with van der Waals surface area (Å²) in [5.74, 6) is 0.392. The van der Waals surface area contributed by atoms with Crippen LogP contribution in [0.15, 0.2) is 30.7 Å². The first-order valence-electron chi connectivity index (χ1n) is 4.90. The third kappa shape index (κ3) is 2.40. The highest BCUT2D eigenvalue weighted by atomic mass is 16.5. The van der Waals surface area contributed by atoms with E-state index >= 15 is 0 Å². The van der Waals surface area contributed by atoms with Crippen LogP contribution < -0.4 is 10.3 Å². The Morgan fingerprint density at radius 2 is 2.00 bits per heavy atom. The van der Waals surface area contributed by atoms with Gasteiger partial charge in [-0.3, -0.25) is 4.98 Å². The summed E-state index contributed by atoms with van der Waals surface area (Å²) in [6, 6.07) is 3.38. The largest absolute Gasteiger partial charge is 0.508 e. The van der Waals surface area contributed by atoms with Gasteiger partial charge in [0.2, 0.25) is 5.88 Å². The van der Waals surface area contributed by atoms with Crippen molar-refractivity contribution in [3.05, 3.63) is 30.7 Å². The number of nitrogens with zero attached hydrogens (tertiary/aromatic N) is 3. The lowest BCUT2D eigenvalue weighted by molar-refractivity contribution is 0.396. The molecule has 86 valence electrons. The van der Waals surface area contributed by atoms with Gasteiger partial charge in [0, 0.05) is 11.8 Å². The number of pyridine rings is 1. The molecule has 0 fully saturated rings. The Labute approximate surface area is 98.1 Å². The molecule has 0 aliphatic rings. The van der Waals surface area contributed by atoms with Crippen LogP contribution in [0.3, 0.4) is 0 Å². The molecule has 0 aromatic carbocycles. The molecule has 2 aromatic rings. The molecular formula is C10H10BN3O3. The Kier molecular flexibility index (Phi) is 3.31. The van der Waals surface area contributed by atoms with Crippen LogP contribution in [0, 0.1) is 0 Å². The summed E-state index contributed by atoms with van der Waals surface area (Å²) in [7, 11) is -0.147. The number of ether oxygens (including phenoxy) is 1. The van der Waals surface area contributed by atoms with Crippen molar-refractivity contribution < 1.29 is 14.8 Å². The van der Waals surface area contributed by atoms with Gasteiger partial charge in [0.1, 0.15) is 0 Å². The van der Waals surface area contributed by atoms with Crippen LogP contribution in [-0.4, -0.2) is 39.2 Å². The fourth-order valence-corrected chi connectivity index (χ4v) is 1.40. The van der Waals surface area contributed by atoms with Crippen LogP contribution in [0.5, 0.6) is 5.88 Å². The van der Waals surface area contributed by atoms with Crippen molar-refractivity contribution in [2.75, 3.05) is 7.11 Å². The van der Waals surface area contributed by atoms with E-state index in [0.29, 0.717) is 17.1 Å². The van der Waals surface area contributed by atoms with Gasteiger partial charge in [0.25, 0.3) is 0 Å². The molecule has 0 aliphatic heterocycles. The average Bonchev–Trinajstić information content (AvgIpc) is 2.39. The van der Waals surface area contributed by atoms with E-state index < -0.39 is 7.12 Å². The van der Waals surface area contributed by atoms with Crippen LogP contribution in [0.2, 0.25) is 0 Å². The number of hydrogen-bond donors (Lipinski definition) is 2. The Hall–Kier alpha value is -1.99. The summed E-state index contributed by atoms with van der Waals surface area (Å²) in [5.41, 5.74) is 1.17. The van der Waals surface area contributed by atoms with E-state index in [1.807, 2.05) is 0 Å². The Morgan fingerprint density at radius 3 is 2.59 bits per heavy atom. The van der Waals surface area contributed by atoms with Gasteiger partial charge in [-0.05, 0) is 6.07 Å². The first kappa shape index (κ1) is 11.5. The summed E-state index contributed by atoms with van der Waals surface area (Å²) in [6.07, 6.45) is 4.42. The molecule has 0 radical (unpaired) electrons. The van der Waals surface area contributed by atoms with Gasteiger partial charge in [-0.1, -0.05) is 6.07 Å². The lowest BCUT2D eigenvalue weighted by Crippen LogP contribution is -2.34. The predicted molar refractivity (Wildman–Crippen MR) is 61.6 cm³/mol. The number of rotatable bonds is 3. The molecule has 2 heterocycles. The van der Waals surface area contributed by atoms with E-state index in [1.165, 1.54) is 25.7 Å². The van der Waals surface area contributed by atoms with Gasteiger partial charge in [-0.15, -0.1) is 0 Å². The van der Waals surface area contributed by atoms with Crippen LogP contribution in [0.1, 0.15) is 0 Å². The lowest BCUT2D eigenvalue weighted by atomic mass is 9.81. The zero-order valence-corrected chi connectivity index (χ0v) is 9.11. The smallest absolute Gasteiger partial charge is 0.480 e. The minimum absolute atomic E-state index is 0.145. The number of aromatic nitrogens is 3. The van der Waals surface area contributed by atoms with Crippen molar-refractivity contribution in [2.24, 2.45) is 0 Å². The first-order valence-corrected chi connectivity index (χ1v) is 4.90. The van der Waals surface area contributed by atoms with Gasteiger partial charge >= 0.3 is 7.12 Å². The number of hydrogen-bond acceptors (Lipinski definition) is 6. The Balaban J connectivity index is 2.45. The van der Waals surface area contributed by atoms with E-state index in [9.17, 15) is 10.0 Å². The summed E-state index contributed by atoms with van der Waals surface area (Å²) in [4.78, 5) is 12.0. The van der Waals surface area contributed by atoms with Crippen molar-refractivity contribution >= 4 is 12.7 Å². The van der Waals surface area contributed by atoms with E-state index in [-0.39, 0.29) is 5.59 Å². The van der Waals surface area contributed by atoms with E-state index in [4.69, 9.17) is 4.74 Å². The first-order chi connectivity index (χ1) is 8.22. The maximum absolute atomic E-state index is 9.19.